The monoisotopic (exact) mass is 412 g/mol. The van der Waals surface area contributed by atoms with Crippen LogP contribution in [0.25, 0.3) is 0 Å². The van der Waals surface area contributed by atoms with Crippen LogP contribution < -0.4 is 5.73 Å². The van der Waals surface area contributed by atoms with Crippen LogP contribution in [0.3, 0.4) is 0 Å². The lowest BCUT2D eigenvalue weighted by Gasteiger charge is -2.43. The molecule has 4 aliphatic heterocycles. The second-order valence-corrected chi connectivity index (χ2v) is 9.59. The molecule has 4 aliphatic rings. The van der Waals surface area contributed by atoms with Gasteiger partial charge in [-0.1, -0.05) is 11.8 Å². The molecule has 0 aromatic rings. The van der Waals surface area contributed by atoms with Crippen LogP contribution in [-0.4, -0.2) is 79.2 Å². The van der Waals surface area contributed by atoms with Crippen molar-refractivity contribution in [2.45, 2.75) is 30.1 Å². The Kier molecular flexibility index (Phi) is 4.55. The van der Waals surface area contributed by atoms with Gasteiger partial charge in [-0.25, -0.2) is 4.79 Å². The molecule has 27 heavy (non-hydrogen) atoms. The number of carbonyl (C=O) groups excluding carboxylic acids is 2. The maximum atomic E-state index is 12.3. The van der Waals surface area contributed by atoms with Crippen molar-refractivity contribution in [1.82, 2.24) is 14.7 Å². The van der Waals surface area contributed by atoms with E-state index in [1.165, 1.54) is 28.4 Å². The number of rotatable bonds is 6. The van der Waals surface area contributed by atoms with Crippen molar-refractivity contribution < 1.29 is 24.6 Å². The Labute approximate surface area is 164 Å². The number of nitrogens with zero attached hydrogens (tertiary/aromatic N) is 3. The lowest BCUT2D eigenvalue weighted by Crippen LogP contribution is -2.60. The molecule has 146 valence electrons. The number of carboxylic acids is 1. The highest BCUT2D eigenvalue weighted by Crippen LogP contribution is 2.56. The van der Waals surface area contributed by atoms with Gasteiger partial charge in [0.15, 0.2) is 5.70 Å². The molecule has 4 N–H and O–H groups in total. The van der Waals surface area contributed by atoms with Crippen molar-refractivity contribution in [1.29, 1.82) is 0 Å². The lowest BCUT2D eigenvalue weighted by atomic mass is 9.92. The minimum atomic E-state index is -1.13. The van der Waals surface area contributed by atoms with Crippen LogP contribution in [-0.2, 0) is 14.4 Å². The van der Waals surface area contributed by atoms with Crippen molar-refractivity contribution >= 4 is 41.3 Å². The number of fused-ring (bicyclic) bond motifs is 2. The van der Waals surface area contributed by atoms with E-state index in [0.717, 1.165) is 18.7 Å². The van der Waals surface area contributed by atoms with Crippen molar-refractivity contribution in [3.63, 3.8) is 0 Å². The Bertz CT molecular complexity index is 783. The molecule has 4 atom stereocenters. The summed E-state index contributed by atoms with van der Waals surface area (Å²) in [6.45, 7) is 3.12. The van der Waals surface area contributed by atoms with E-state index in [9.17, 15) is 24.6 Å². The van der Waals surface area contributed by atoms with E-state index in [2.05, 4.69) is 4.90 Å². The zero-order valence-corrected chi connectivity index (χ0v) is 16.2. The van der Waals surface area contributed by atoms with Gasteiger partial charge in [0, 0.05) is 18.4 Å². The van der Waals surface area contributed by atoms with Gasteiger partial charge in [0.1, 0.15) is 5.37 Å². The fourth-order valence-electron chi connectivity index (χ4n) is 3.89. The highest BCUT2D eigenvalue weighted by molar-refractivity contribution is 8.23. The third kappa shape index (κ3) is 2.97. The molecular weight excluding hydrogens is 392 g/mol. The van der Waals surface area contributed by atoms with Gasteiger partial charge >= 0.3 is 5.97 Å². The molecule has 11 heteroatoms. The molecule has 0 radical (unpaired) electrons. The zero-order chi connectivity index (χ0) is 19.5. The van der Waals surface area contributed by atoms with E-state index < -0.39 is 23.9 Å². The van der Waals surface area contributed by atoms with E-state index in [1.807, 2.05) is 11.1 Å². The molecule has 1 unspecified atom stereocenters. The number of aliphatic hydroxyl groups is 1. The number of β-lactam (4-membered cyclic amide) rings is 1. The molecule has 2 saturated heterocycles. The van der Waals surface area contributed by atoms with Gasteiger partial charge < -0.3 is 25.7 Å². The van der Waals surface area contributed by atoms with Gasteiger partial charge in [0.25, 0.3) is 0 Å². The second-order valence-electron chi connectivity index (χ2n) is 6.99. The fourth-order valence-corrected chi connectivity index (χ4v) is 7.19. The smallest absolute Gasteiger partial charge is 0.354 e. The summed E-state index contributed by atoms with van der Waals surface area (Å²) >= 11 is 2.79. The SMILES string of the molecule is C[C@@H](O)[C@H]1C(=O)N2C(C(=O)O)=C(SC3CCN4CN(CC(N)=O)C=C34)S[C@H]12. The van der Waals surface area contributed by atoms with Crippen molar-refractivity contribution in [2.75, 3.05) is 19.8 Å². The van der Waals surface area contributed by atoms with Crippen molar-refractivity contribution in [2.24, 2.45) is 11.7 Å². The molecule has 0 bridgehead atoms. The molecule has 4 heterocycles. The van der Waals surface area contributed by atoms with Crippen LogP contribution in [0.4, 0.5) is 0 Å². The number of thioether (sulfide) groups is 2. The third-order valence-corrected chi connectivity index (χ3v) is 8.00. The summed E-state index contributed by atoms with van der Waals surface area (Å²) in [5, 5.41) is 19.1. The Morgan fingerprint density at radius 3 is 2.85 bits per heavy atom. The van der Waals surface area contributed by atoms with Crippen molar-refractivity contribution in [3.05, 3.63) is 21.8 Å². The van der Waals surface area contributed by atoms with E-state index in [0.29, 0.717) is 10.9 Å². The van der Waals surface area contributed by atoms with Crippen LogP contribution in [0.2, 0.25) is 0 Å². The Morgan fingerprint density at radius 2 is 2.22 bits per heavy atom. The number of primary amides is 1. The van der Waals surface area contributed by atoms with Gasteiger partial charge in [0.05, 0.1) is 34.7 Å². The van der Waals surface area contributed by atoms with E-state index >= 15 is 0 Å². The molecule has 2 amide bonds. The summed E-state index contributed by atoms with van der Waals surface area (Å²) in [4.78, 5) is 40.5. The van der Waals surface area contributed by atoms with E-state index in [1.54, 1.807) is 6.92 Å². The summed E-state index contributed by atoms with van der Waals surface area (Å²) in [6, 6.07) is 0. The predicted molar refractivity (Wildman–Crippen MR) is 99.6 cm³/mol. The maximum Gasteiger partial charge on any atom is 0.354 e. The first-order chi connectivity index (χ1) is 12.8. The second kappa shape index (κ2) is 6.64. The molecule has 0 spiro atoms. The van der Waals surface area contributed by atoms with Crippen LogP contribution in [0.15, 0.2) is 21.8 Å². The molecule has 0 saturated carbocycles. The van der Waals surface area contributed by atoms with Crippen LogP contribution in [0.1, 0.15) is 13.3 Å². The summed E-state index contributed by atoms with van der Waals surface area (Å²) < 4.78 is 0.602. The Balaban J connectivity index is 1.53. The average Bonchev–Trinajstić information content (AvgIpc) is 3.19. The van der Waals surface area contributed by atoms with Gasteiger partial charge in [-0.15, -0.1) is 11.8 Å². The fraction of sp³-hybridized carbons (Fsp3) is 0.562. The normalized spacial score (nSPS) is 30.3. The zero-order valence-electron chi connectivity index (χ0n) is 14.6. The minimum absolute atomic E-state index is 0.0166. The molecule has 2 fully saturated rings. The Morgan fingerprint density at radius 1 is 1.48 bits per heavy atom. The molecule has 0 aromatic carbocycles. The number of hydrogen-bond donors (Lipinski definition) is 3. The number of nitrogens with two attached hydrogens (primary N) is 1. The van der Waals surface area contributed by atoms with Crippen molar-refractivity contribution in [3.8, 4) is 0 Å². The molecule has 0 aromatic heterocycles. The summed E-state index contributed by atoms with van der Waals surface area (Å²) in [6.07, 6.45) is 1.96. The number of carboxylic acid groups (broad SMARTS) is 1. The van der Waals surface area contributed by atoms with Gasteiger partial charge in [-0.3, -0.25) is 14.5 Å². The van der Waals surface area contributed by atoms with Crippen LogP contribution in [0, 0.1) is 5.92 Å². The molecule has 4 rings (SSSR count). The molecule has 9 nitrogen and oxygen atoms in total. The summed E-state index contributed by atoms with van der Waals surface area (Å²) in [5.41, 5.74) is 6.33. The topological polar surface area (TPSA) is 127 Å². The van der Waals surface area contributed by atoms with E-state index in [-0.39, 0.29) is 28.8 Å². The highest BCUT2D eigenvalue weighted by Gasteiger charge is 2.58. The summed E-state index contributed by atoms with van der Waals surface area (Å²) in [5.74, 6) is -2.43. The predicted octanol–water partition coefficient (Wildman–Crippen LogP) is -0.440. The first-order valence-electron chi connectivity index (χ1n) is 8.59. The van der Waals surface area contributed by atoms with Gasteiger partial charge in [-0.2, -0.15) is 0 Å². The standard InChI is InChI=1S/C16H20N4O5S2/c1-7(21)11-13(23)20-12(15(24)25)16(27-14(11)20)26-9-2-3-19-6-18(4-8(9)19)5-10(17)22/h4,7,9,11,14,21H,2-3,5-6H2,1H3,(H2,17,22)(H,24,25)/t7-,9?,11+,14-/m1/s1. The summed E-state index contributed by atoms with van der Waals surface area (Å²) in [7, 11) is 0. The Hall–Kier alpha value is -1.85. The van der Waals surface area contributed by atoms with Gasteiger partial charge in [-0.05, 0) is 13.3 Å². The van der Waals surface area contributed by atoms with Crippen LogP contribution in [0.5, 0.6) is 0 Å². The number of carbonyl (C=O) groups is 3. The first kappa shape index (κ1) is 18.5. The van der Waals surface area contributed by atoms with Crippen LogP contribution >= 0.6 is 23.5 Å². The molecular formula is C16H20N4O5S2. The first-order valence-corrected chi connectivity index (χ1v) is 10.3. The number of amides is 2. The largest absolute Gasteiger partial charge is 0.477 e. The maximum absolute atomic E-state index is 12.3. The minimum Gasteiger partial charge on any atom is -0.477 e. The quantitative estimate of drug-likeness (QED) is 0.498. The molecule has 0 aliphatic carbocycles. The highest BCUT2D eigenvalue weighted by atomic mass is 32.2. The third-order valence-electron chi connectivity index (χ3n) is 5.10. The van der Waals surface area contributed by atoms with Gasteiger partial charge in [0.2, 0.25) is 11.8 Å². The lowest BCUT2D eigenvalue weighted by molar-refractivity contribution is -0.156. The number of hydrogen-bond acceptors (Lipinski definition) is 8. The average molecular weight is 412 g/mol. The number of aliphatic carboxylic acids is 1. The van der Waals surface area contributed by atoms with E-state index in [4.69, 9.17) is 5.73 Å². The number of aliphatic hydroxyl groups excluding tert-OH is 1.